The minimum absolute atomic E-state index is 0.157. The number of aromatic amines is 1. The van der Waals surface area contributed by atoms with Gasteiger partial charge in [0.25, 0.3) is 0 Å². The van der Waals surface area contributed by atoms with E-state index in [0.717, 1.165) is 11.4 Å². The molecule has 16 nitrogen and oxygen atoms in total. The van der Waals surface area contributed by atoms with Gasteiger partial charge in [-0.15, -0.1) is 10.2 Å². The van der Waals surface area contributed by atoms with E-state index in [1.807, 2.05) is 19.9 Å². The van der Waals surface area contributed by atoms with Gasteiger partial charge >= 0.3 is 12.3 Å². The van der Waals surface area contributed by atoms with Crippen molar-refractivity contribution in [3.05, 3.63) is 56.2 Å². The number of aryl methyl sites for hydroxylation is 4. The van der Waals surface area contributed by atoms with E-state index in [1.165, 1.54) is 12.1 Å². The molecule has 0 aliphatic heterocycles. The third-order valence-corrected chi connectivity index (χ3v) is 5.93. The van der Waals surface area contributed by atoms with Crippen LogP contribution in [0.15, 0.2) is 29.1 Å². The Morgan fingerprint density at radius 3 is 1.71 bits per heavy atom. The molecule has 0 bridgehead atoms. The van der Waals surface area contributed by atoms with Crippen LogP contribution in [0, 0.1) is 13.8 Å². The lowest BCUT2D eigenvalue weighted by Gasteiger charge is -2.17. The van der Waals surface area contributed by atoms with E-state index in [1.54, 1.807) is 71.1 Å². The van der Waals surface area contributed by atoms with Crippen molar-refractivity contribution < 1.29 is 33.3 Å². The summed E-state index contributed by atoms with van der Waals surface area (Å²) >= 11 is 16.8. The van der Waals surface area contributed by atoms with E-state index in [4.69, 9.17) is 49.0 Å². The second-order valence-corrected chi connectivity index (χ2v) is 12.1. The molecule has 4 aromatic heterocycles. The highest BCUT2D eigenvalue weighted by Gasteiger charge is 2.20. The zero-order chi connectivity index (χ0) is 37.0. The minimum atomic E-state index is -0.899. The molecule has 0 saturated carbocycles. The van der Waals surface area contributed by atoms with Crippen LogP contribution in [0.3, 0.4) is 0 Å². The van der Waals surface area contributed by atoms with Crippen molar-refractivity contribution in [3.63, 3.8) is 0 Å². The standard InChI is InChI=1S/C15H19ClN4O4.C9H9ClN4O.C6H11ClO3/c1-8(2)22-15(21)24-10(4)23-12-7-13(16)17-18-14(12)11-6-9(3)19-20(11)5;1-5-3-6(14(2)13-5)9-7(15)4-8(10)11-12-9;1-4(2)9-6(8)10-5(3)7/h6-8,10H,1-5H3;3-4H,1-2H3,(H,11,15);4-5H,1-3H3. The Labute approximate surface area is 297 Å². The predicted molar refractivity (Wildman–Crippen MR) is 182 cm³/mol. The molecule has 4 heterocycles. The Balaban J connectivity index is 0.000000284. The largest absolute Gasteiger partial charge is 0.511 e. The number of hydrogen-bond donors (Lipinski definition) is 1. The molecular formula is C30H39Cl3N8O8. The molecule has 268 valence electrons. The Kier molecular flexibility index (Phi) is 15.8. The van der Waals surface area contributed by atoms with Crippen molar-refractivity contribution >= 4 is 47.1 Å². The van der Waals surface area contributed by atoms with Crippen LogP contribution in [0.5, 0.6) is 5.75 Å². The van der Waals surface area contributed by atoms with Gasteiger partial charge in [-0.1, -0.05) is 34.8 Å². The van der Waals surface area contributed by atoms with Gasteiger partial charge in [0.15, 0.2) is 27.9 Å². The normalized spacial score (nSPS) is 11.8. The summed E-state index contributed by atoms with van der Waals surface area (Å²) in [6, 6.07) is 6.43. The van der Waals surface area contributed by atoms with Crippen LogP contribution in [-0.2, 0) is 33.0 Å². The molecule has 1 N–H and O–H groups in total. The number of ether oxygens (including phenoxy) is 5. The highest BCUT2D eigenvalue weighted by molar-refractivity contribution is 6.29. The van der Waals surface area contributed by atoms with Gasteiger partial charge < -0.3 is 23.7 Å². The fourth-order valence-corrected chi connectivity index (χ4v) is 4.11. The second-order valence-electron chi connectivity index (χ2n) is 10.7. The summed E-state index contributed by atoms with van der Waals surface area (Å²) < 4.78 is 27.9. The van der Waals surface area contributed by atoms with Gasteiger partial charge in [-0.3, -0.25) is 19.3 Å². The van der Waals surface area contributed by atoms with E-state index in [9.17, 15) is 14.4 Å². The second kappa shape index (κ2) is 19.0. The summed E-state index contributed by atoms with van der Waals surface area (Å²) in [7, 11) is 3.54. The average Bonchev–Trinajstić information content (AvgIpc) is 3.46. The number of carbonyl (C=O) groups excluding carboxylic acids is 2. The number of carbonyl (C=O) groups is 2. The summed E-state index contributed by atoms with van der Waals surface area (Å²) in [5.41, 5.74) is 2.93. The number of H-pyrrole nitrogens is 1. The van der Waals surface area contributed by atoms with E-state index in [2.05, 4.69) is 40.1 Å². The molecule has 2 unspecified atom stereocenters. The molecule has 0 aromatic carbocycles. The van der Waals surface area contributed by atoms with Crippen molar-refractivity contribution in [1.29, 1.82) is 0 Å². The van der Waals surface area contributed by atoms with Crippen LogP contribution in [0.1, 0.15) is 52.9 Å². The molecule has 0 fully saturated rings. The summed E-state index contributed by atoms with van der Waals surface area (Å²) in [6.45, 7) is 13.7. The first-order valence-corrected chi connectivity index (χ1v) is 15.9. The van der Waals surface area contributed by atoms with Crippen molar-refractivity contribution in [2.24, 2.45) is 14.1 Å². The van der Waals surface area contributed by atoms with Crippen LogP contribution < -0.4 is 10.2 Å². The summed E-state index contributed by atoms with van der Waals surface area (Å²) in [4.78, 5) is 33.7. The Morgan fingerprint density at radius 1 is 0.755 bits per heavy atom. The van der Waals surface area contributed by atoms with Crippen LogP contribution in [-0.4, -0.2) is 76.3 Å². The molecule has 49 heavy (non-hydrogen) atoms. The molecule has 0 radical (unpaired) electrons. The first-order chi connectivity index (χ1) is 22.9. The van der Waals surface area contributed by atoms with Gasteiger partial charge in [-0.25, -0.2) is 9.59 Å². The van der Waals surface area contributed by atoms with Crippen molar-refractivity contribution in [3.8, 4) is 28.5 Å². The Morgan fingerprint density at radius 2 is 1.27 bits per heavy atom. The monoisotopic (exact) mass is 744 g/mol. The van der Waals surface area contributed by atoms with Gasteiger partial charge in [0.05, 0.1) is 35.0 Å². The highest BCUT2D eigenvalue weighted by Crippen LogP contribution is 2.30. The lowest BCUT2D eigenvalue weighted by Crippen LogP contribution is -2.23. The molecule has 19 heteroatoms. The molecule has 0 saturated heterocycles. The molecular weight excluding hydrogens is 707 g/mol. The van der Waals surface area contributed by atoms with Gasteiger partial charge in [0.2, 0.25) is 11.7 Å². The van der Waals surface area contributed by atoms with E-state index >= 15 is 0 Å². The molecule has 0 amide bonds. The van der Waals surface area contributed by atoms with Crippen LogP contribution >= 0.6 is 34.8 Å². The van der Waals surface area contributed by atoms with Crippen LogP contribution in [0.25, 0.3) is 22.8 Å². The fraction of sp³-hybridized carbons (Fsp3) is 0.467. The van der Waals surface area contributed by atoms with Crippen LogP contribution in [0.2, 0.25) is 10.3 Å². The third kappa shape index (κ3) is 13.9. The molecule has 4 aromatic rings. The molecule has 0 aliphatic rings. The minimum Gasteiger partial charge on any atom is -0.452 e. The maximum atomic E-state index is 11.6. The maximum Gasteiger partial charge on any atom is 0.511 e. The third-order valence-electron chi connectivity index (χ3n) is 5.46. The maximum absolute atomic E-state index is 11.6. The van der Waals surface area contributed by atoms with E-state index in [-0.39, 0.29) is 27.9 Å². The number of hydrogen-bond acceptors (Lipinski definition) is 13. The lowest BCUT2D eigenvalue weighted by atomic mass is 10.2. The van der Waals surface area contributed by atoms with Crippen molar-refractivity contribution in [2.75, 3.05) is 0 Å². The summed E-state index contributed by atoms with van der Waals surface area (Å²) in [6.07, 6.45) is -2.89. The average molecular weight is 746 g/mol. The van der Waals surface area contributed by atoms with Gasteiger partial charge in [-0.05, 0) is 60.6 Å². The zero-order valence-corrected chi connectivity index (χ0v) is 30.9. The van der Waals surface area contributed by atoms with Gasteiger partial charge in [0.1, 0.15) is 5.15 Å². The SMILES string of the molecule is CC(C)OC(=O)OC(C)Cl.Cc1cc(-c2n[nH]c(Cl)cc2=O)n(C)n1.Cc1cc(-c2nnc(Cl)cc2OC(C)OC(=O)OC(C)C)n(C)n1. The number of aromatic nitrogens is 8. The predicted octanol–water partition coefficient (Wildman–Crippen LogP) is 6.39. The number of nitrogens with zero attached hydrogens (tertiary/aromatic N) is 7. The molecule has 0 spiro atoms. The Bertz CT molecular complexity index is 1750. The topological polar surface area (TPSA) is 187 Å². The van der Waals surface area contributed by atoms with Crippen molar-refractivity contribution in [1.82, 2.24) is 40.0 Å². The van der Waals surface area contributed by atoms with E-state index < -0.39 is 24.2 Å². The first-order valence-electron chi connectivity index (χ1n) is 14.7. The summed E-state index contributed by atoms with van der Waals surface area (Å²) in [5.74, 6) is 0.322. The number of rotatable bonds is 8. The molecule has 0 aliphatic carbocycles. The smallest absolute Gasteiger partial charge is 0.452 e. The quantitative estimate of drug-likeness (QED) is 0.119. The van der Waals surface area contributed by atoms with Gasteiger partial charge in [0, 0.05) is 33.2 Å². The van der Waals surface area contributed by atoms with Gasteiger partial charge in [-0.2, -0.15) is 15.3 Å². The first kappa shape index (κ1) is 40.8. The van der Waals surface area contributed by atoms with E-state index in [0.29, 0.717) is 28.5 Å². The lowest BCUT2D eigenvalue weighted by molar-refractivity contribution is -0.0605. The number of alkyl halides is 1. The highest BCUT2D eigenvalue weighted by atomic mass is 35.5. The number of nitrogens with one attached hydrogen (secondary N) is 1. The Hall–Kier alpha value is -4.41. The number of halogens is 3. The van der Waals surface area contributed by atoms with Crippen molar-refractivity contribution in [2.45, 2.75) is 79.5 Å². The molecule has 2 atom stereocenters. The fourth-order valence-electron chi connectivity index (χ4n) is 3.76. The molecule has 4 rings (SSSR count). The summed E-state index contributed by atoms with van der Waals surface area (Å²) in [5, 5.41) is 23.1. The zero-order valence-electron chi connectivity index (χ0n) is 28.6. The van der Waals surface area contributed by atoms with Crippen LogP contribution in [0.4, 0.5) is 9.59 Å².